The Labute approximate surface area is 139 Å². The molecular formula is C18H17FN2OS. The predicted molar refractivity (Wildman–Crippen MR) is 90.7 cm³/mol. The number of nitriles is 1. The maximum Gasteiger partial charge on any atom is 0.224 e. The first kappa shape index (κ1) is 17.0. The van der Waals surface area contributed by atoms with E-state index in [1.54, 1.807) is 17.8 Å². The summed E-state index contributed by atoms with van der Waals surface area (Å²) in [6.07, 6.45) is 1.25. The van der Waals surface area contributed by atoms with Crippen molar-refractivity contribution in [2.45, 2.75) is 24.2 Å². The van der Waals surface area contributed by atoms with Crippen molar-refractivity contribution >= 4 is 23.4 Å². The van der Waals surface area contributed by atoms with Crippen LogP contribution < -0.4 is 5.32 Å². The van der Waals surface area contributed by atoms with Gasteiger partial charge in [0.1, 0.15) is 5.82 Å². The number of rotatable bonds is 7. The maximum atomic E-state index is 13.1. The van der Waals surface area contributed by atoms with Crippen molar-refractivity contribution in [3.8, 4) is 6.07 Å². The van der Waals surface area contributed by atoms with Gasteiger partial charge in [-0.3, -0.25) is 4.79 Å². The van der Waals surface area contributed by atoms with Gasteiger partial charge in [-0.15, -0.1) is 11.8 Å². The molecule has 0 saturated carbocycles. The van der Waals surface area contributed by atoms with E-state index < -0.39 is 0 Å². The van der Waals surface area contributed by atoms with Gasteiger partial charge >= 0.3 is 0 Å². The summed E-state index contributed by atoms with van der Waals surface area (Å²) >= 11 is 1.54. The van der Waals surface area contributed by atoms with Crippen LogP contribution in [0.2, 0.25) is 0 Å². The summed E-state index contributed by atoms with van der Waals surface area (Å²) < 4.78 is 13.1. The maximum absolute atomic E-state index is 13.1. The van der Waals surface area contributed by atoms with Gasteiger partial charge in [-0.2, -0.15) is 5.26 Å². The minimum atomic E-state index is -0.290. The molecule has 2 aromatic carbocycles. The van der Waals surface area contributed by atoms with Gasteiger partial charge in [0.05, 0.1) is 11.8 Å². The van der Waals surface area contributed by atoms with E-state index in [1.165, 1.54) is 12.1 Å². The fraction of sp³-hybridized carbons (Fsp3) is 0.222. The molecule has 118 valence electrons. The van der Waals surface area contributed by atoms with E-state index in [-0.39, 0.29) is 11.7 Å². The molecule has 0 radical (unpaired) electrons. The highest BCUT2D eigenvalue weighted by Gasteiger charge is 2.07. The molecule has 1 amide bonds. The van der Waals surface area contributed by atoms with E-state index in [2.05, 4.69) is 11.4 Å². The topological polar surface area (TPSA) is 52.9 Å². The second-order valence-corrected chi connectivity index (χ2v) is 6.07. The molecular weight excluding hydrogens is 311 g/mol. The number of benzene rings is 2. The summed E-state index contributed by atoms with van der Waals surface area (Å²) in [5, 5.41) is 11.5. The van der Waals surface area contributed by atoms with Crippen molar-refractivity contribution in [3.05, 3.63) is 59.9 Å². The Bertz CT molecular complexity index is 712. The number of hydrogen-bond donors (Lipinski definition) is 1. The van der Waals surface area contributed by atoms with Crippen LogP contribution in [-0.2, 0) is 11.2 Å². The Kier molecular flexibility index (Phi) is 6.64. The zero-order valence-corrected chi connectivity index (χ0v) is 13.4. The van der Waals surface area contributed by atoms with Gasteiger partial charge in [-0.1, -0.05) is 24.3 Å². The zero-order valence-electron chi connectivity index (χ0n) is 12.6. The molecule has 5 heteroatoms. The minimum absolute atomic E-state index is 0.109. The van der Waals surface area contributed by atoms with Crippen molar-refractivity contribution in [1.82, 2.24) is 0 Å². The first-order valence-corrected chi connectivity index (χ1v) is 8.30. The Morgan fingerprint density at radius 3 is 2.83 bits per heavy atom. The molecule has 3 nitrogen and oxygen atoms in total. The third-order valence-electron chi connectivity index (χ3n) is 3.16. The fourth-order valence-corrected chi connectivity index (χ4v) is 2.93. The van der Waals surface area contributed by atoms with Crippen LogP contribution in [0.1, 0.15) is 18.4 Å². The third-order valence-corrected chi connectivity index (χ3v) is 4.24. The second kappa shape index (κ2) is 8.96. The summed E-state index contributed by atoms with van der Waals surface area (Å²) in [5.74, 6) is 0.289. The summed E-state index contributed by atoms with van der Waals surface area (Å²) in [5.41, 5.74) is 1.55. The van der Waals surface area contributed by atoms with Gasteiger partial charge in [0.2, 0.25) is 5.91 Å². The van der Waals surface area contributed by atoms with E-state index in [9.17, 15) is 9.18 Å². The average molecular weight is 328 g/mol. The van der Waals surface area contributed by atoms with Crippen LogP contribution in [-0.4, -0.2) is 11.7 Å². The minimum Gasteiger partial charge on any atom is -0.325 e. The van der Waals surface area contributed by atoms with Crippen LogP contribution in [0.25, 0.3) is 0 Å². The quantitative estimate of drug-likeness (QED) is 0.605. The molecule has 0 unspecified atom stereocenters. The fourth-order valence-electron chi connectivity index (χ4n) is 2.07. The van der Waals surface area contributed by atoms with E-state index >= 15 is 0 Å². The largest absolute Gasteiger partial charge is 0.325 e. The number of amides is 1. The second-order valence-electron chi connectivity index (χ2n) is 4.93. The van der Waals surface area contributed by atoms with Crippen LogP contribution >= 0.6 is 11.8 Å². The molecule has 0 aliphatic carbocycles. The molecule has 0 bridgehead atoms. The smallest absolute Gasteiger partial charge is 0.224 e. The lowest BCUT2D eigenvalue weighted by Crippen LogP contribution is -2.13. The van der Waals surface area contributed by atoms with Crippen molar-refractivity contribution < 1.29 is 9.18 Å². The highest BCUT2D eigenvalue weighted by molar-refractivity contribution is 7.99. The molecule has 2 rings (SSSR count). The Morgan fingerprint density at radius 1 is 1.22 bits per heavy atom. The molecule has 0 atom stereocenters. The van der Waals surface area contributed by atoms with Crippen molar-refractivity contribution in [3.63, 3.8) is 0 Å². The Morgan fingerprint density at radius 2 is 2.04 bits per heavy atom. The number of aryl methyl sites for hydroxylation is 1. The Hall–Kier alpha value is -2.32. The molecule has 2 aromatic rings. The number of thioether (sulfide) groups is 1. The highest BCUT2D eigenvalue weighted by Crippen LogP contribution is 2.27. The number of para-hydroxylation sites is 1. The number of halogens is 1. The lowest BCUT2D eigenvalue weighted by atomic mass is 10.1. The summed E-state index contributed by atoms with van der Waals surface area (Å²) in [7, 11) is 0. The molecule has 0 aromatic heterocycles. The number of hydrogen-bond acceptors (Lipinski definition) is 3. The molecule has 0 spiro atoms. The predicted octanol–water partition coefficient (Wildman–Crippen LogP) is 4.40. The lowest BCUT2D eigenvalue weighted by Gasteiger charge is -2.10. The summed E-state index contributed by atoms with van der Waals surface area (Å²) in [6.45, 7) is 0. The molecule has 0 aliphatic heterocycles. The average Bonchev–Trinajstić information content (AvgIpc) is 2.55. The number of carbonyl (C=O) groups excluding carboxylic acids is 1. The van der Waals surface area contributed by atoms with E-state index in [1.807, 2.05) is 30.3 Å². The third kappa shape index (κ3) is 5.76. The van der Waals surface area contributed by atoms with Crippen LogP contribution in [0.4, 0.5) is 10.1 Å². The summed E-state index contributed by atoms with van der Waals surface area (Å²) in [4.78, 5) is 13.0. The molecule has 0 saturated heterocycles. The van der Waals surface area contributed by atoms with Crippen LogP contribution in [0.3, 0.4) is 0 Å². The van der Waals surface area contributed by atoms with Gasteiger partial charge in [-0.25, -0.2) is 4.39 Å². The Balaban J connectivity index is 1.91. The number of nitrogens with one attached hydrogen (secondary N) is 1. The van der Waals surface area contributed by atoms with Crippen LogP contribution in [0.15, 0.2) is 53.4 Å². The number of anilines is 1. The molecule has 1 N–H and O–H groups in total. The van der Waals surface area contributed by atoms with E-state index in [0.29, 0.717) is 25.0 Å². The van der Waals surface area contributed by atoms with Crippen molar-refractivity contribution in [2.75, 3.05) is 11.1 Å². The zero-order chi connectivity index (χ0) is 16.5. The van der Waals surface area contributed by atoms with Gasteiger partial charge in [0, 0.05) is 23.5 Å². The summed E-state index contributed by atoms with van der Waals surface area (Å²) in [6, 6.07) is 15.9. The first-order chi connectivity index (χ1) is 11.2. The molecule has 0 fully saturated rings. The van der Waals surface area contributed by atoms with Gasteiger partial charge in [0.25, 0.3) is 0 Å². The van der Waals surface area contributed by atoms with Gasteiger partial charge in [-0.05, 0) is 36.2 Å². The van der Waals surface area contributed by atoms with Crippen molar-refractivity contribution in [1.29, 1.82) is 5.26 Å². The number of carbonyl (C=O) groups is 1. The standard InChI is InChI=1S/C18H17FN2OS/c19-15-6-3-5-14(13-15)9-10-18(22)21-16-7-1-2-8-17(16)23-12-4-11-20/h1-3,5-8,13H,4,9-10,12H2,(H,21,22). The van der Waals surface area contributed by atoms with Crippen LogP contribution in [0, 0.1) is 17.1 Å². The first-order valence-electron chi connectivity index (χ1n) is 7.32. The molecule has 23 heavy (non-hydrogen) atoms. The number of nitrogens with zero attached hydrogens (tertiary/aromatic N) is 1. The molecule has 0 heterocycles. The SMILES string of the molecule is N#CCCSc1ccccc1NC(=O)CCc1cccc(F)c1. The van der Waals surface area contributed by atoms with Gasteiger partial charge in [0.15, 0.2) is 0 Å². The van der Waals surface area contributed by atoms with E-state index in [0.717, 1.165) is 16.1 Å². The van der Waals surface area contributed by atoms with Crippen LogP contribution in [0.5, 0.6) is 0 Å². The van der Waals surface area contributed by atoms with Crippen molar-refractivity contribution in [2.24, 2.45) is 0 Å². The lowest BCUT2D eigenvalue weighted by molar-refractivity contribution is -0.116. The van der Waals surface area contributed by atoms with E-state index in [4.69, 9.17) is 5.26 Å². The van der Waals surface area contributed by atoms with Gasteiger partial charge < -0.3 is 5.32 Å². The normalized spacial score (nSPS) is 10.1. The molecule has 0 aliphatic rings. The monoisotopic (exact) mass is 328 g/mol. The highest BCUT2D eigenvalue weighted by atomic mass is 32.2.